The van der Waals surface area contributed by atoms with E-state index in [1.54, 1.807) is 36.3 Å². The van der Waals surface area contributed by atoms with Crippen LogP contribution in [0.15, 0.2) is 85.2 Å². The van der Waals surface area contributed by atoms with Gasteiger partial charge in [-0.25, -0.2) is 4.79 Å². The summed E-state index contributed by atoms with van der Waals surface area (Å²) in [5, 5.41) is 8.92. The van der Waals surface area contributed by atoms with Gasteiger partial charge in [-0.2, -0.15) is 0 Å². The molecule has 0 spiro atoms. The van der Waals surface area contributed by atoms with Crippen LogP contribution < -0.4 is 9.80 Å². The van der Waals surface area contributed by atoms with Crippen molar-refractivity contribution in [2.24, 2.45) is 0 Å². The molecule has 0 saturated heterocycles. The lowest BCUT2D eigenvalue weighted by Crippen LogP contribution is -2.38. The molecule has 0 aliphatic carbocycles. The molecule has 0 saturated carbocycles. The topological polar surface area (TPSA) is 73.7 Å². The number of amides is 2. The number of pyridine rings is 1. The summed E-state index contributed by atoms with van der Waals surface area (Å²) in [7, 11) is 3.50. The minimum Gasteiger partial charge on any atom is -0.481 e. The third-order valence-electron chi connectivity index (χ3n) is 5.18. The van der Waals surface area contributed by atoms with Gasteiger partial charge in [-0.3, -0.25) is 19.6 Å². The van der Waals surface area contributed by atoms with Crippen molar-refractivity contribution < 1.29 is 14.7 Å². The second kappa shape index (κ2) is 10.9. The molecule has 2 aromatic carbocycles. The maximum atomic E-state index is 13.0. The Kier molecular flexibility index (Phi) is 7.75. The predicted octanol–water partition coefficient (Wildman–Crippen LogP) is 5.46. The number of aromatic nitrogens is 1. The molecule has 3 rings (SSSR count). The normalized spacial score (nSPS) is 11.1. The van der Waals surface area contributed by atoms with E-state index in [0.717, 1.165) is 28.1 Å². The summed E-state index contributed by atoms with van der Waals surface area (Å²) >= 11 is 0. The van der Waals surface area contributed by atoms with Crippen LogP contribution >= 0.6 is 0 Å². The van der Waals surface area contributed by atoms with E-state index in [1.165, 1.54) is 0 Å². The van der Waals surface area contributed by atoms with Crippen molar-refractivity contribution in [3.63, 3.8) is 0 Å². The molecule has 0 radical (unpaired) electrons. The number of para-hydroxylation sites is 1. The quantitative estimate of drug-likeness (QED) is 0.483. The predicted molar refractivity (Wildman–Crippen MR) is 128 cm³/mol. The molecule has 0 unspecified atom stereocenters. The summed E-state index contributed by atoms with van der Waals surface area (Å²) in [6.07, 6.45) is 6.85. The number of carboxylic acid groups (broad SMARTS) is 1. The molecule has 164 valence electrons. The molecule has 0 aliphatic heterocycles. The van der Waals surface area contributed by atoms with Crippen molar-refractivity contribution in [2.45, 2.75) is 19.3 Å². The van der Waals surface area contributed by atoms with E-state index in [0.29, 0.717) is 12.8 Å². The highest BCUT2D eigenvalue weighted by Crippen LogP contribution is 2.28. The fraction of sp³-hybridized carbons (Fsp3) is 0.192. The van der Waals surface area contributed by atoms with Crippen molar-refractivity contribution in [3.05, 3.63) is 96.3 Å². The van der Waals surface area contributed by atoms with Crippen LogP contribution in [0, 0.1) is 0 Å². The lowest BCUT2D eigenvalue weighted by atomic mass is 9.97. The molecule has 0 bridgehead atoms. The Morgan fingerprint density at radius 2 is 1.59 bits per heavy atom. The highest BCUT2D eigenvalue weighted by Gasteiger charge is 2.18. The lowest BCUT2D eigenvalue weighted by molar-refractivity contribution is -0.137. The zero-order valence-electron chi connectivity index (χ0n) is 18.3. The molecule has 6 nitrogen and oxygen atoms in total. The number of hydrogen-bond donors (Lipinski definition) is 1. The van der Waals surface area contributed by atoms with E-state index in [-0.39, 0.29) is 12.5 Å². The maximum Gasteiger partial charge on any atom is 0.328 e. The molecule has 1 N–H and O–H groups in total. The van der Waals surface area contributed by atoms with Crippen LogP contribution in [-0.2, 0) is 4.79 Å². The number of carbonyl (C=O) groups is 2. The molecule has 3 aromatic rings. The first-order valence-corrected chi connectivity index (χ1v) is 10.5. The van der Waals surface area contributed by atoms with Crippen molar-refractivity contribution in [2.75, 3.05) is 23.9 Å². The third kappa shape index (κ3) is 5.82. The third-order valence-corrected chi connectivity index (χ3v) is 5.18. The molecule has 1 aromatic heterocycles. The van der Waals surface area contributed by atoms with Gasteiger partial charge < -0.3 is 5.11 Å². The largest absolute Gasteiger partial charge is 0.481 e. The average Bonchev–Trinajstić information content (AvgIpc) is 2.83. The summed E-state index contributed by atoms with van der Waals surface area (Å²) in [6.45, 7) is 0. The van der Waals surface area contributed by atoms with E-state index < -0.39 is 5.97 Å². The second-order valence-electron chi connectivity index (χ2n) is 7.43. The van der Waals surface area contributed by atoms with Gasteiger partial charge in [-0.1, -0.05) is 42.5 Å². The summed E-state index contributed by atoms with van der Waals surface area (Å²) < 4.78 is 0. The fourth-order valence-electron chi connectivity index (χ4n) is 3.40. The molecule has 2 amide bonds. The number of carbonyl (C=O) groups excluding carboxylic acids is 1. The smallest absolute Gasteiger partial charge is 0.328 e. The second-order valence-corrected chi connectivity index (χ2v) is 7.43. The SMILES string of the molecule is CN(C(=O)N(C)c1cccc(/C(=C/CCCC(=O)O)c2cccnc2)c1)c1ccccc1. The van der Waals surface area contributed by atoms with Gasteiger partial charge in [0, 0.05) is 49.8 Å². The zero-order valence-corrected chi connectivity index (χ0v) is 18.3. The first-order valence-electron chi connectivity index (χ1n) is 10.5. The van der Waals surface area contributed by atoms with Crippen LogP contribution in [-0.4, -0.2) is 36.2 Å². The van der Waals surface area contributed by atoms with Gasteiger partial charge in [0.2, 0.25) is 0 Å². The van der Waals surface area contributed by atoms with E-state index in [1.807, 2.05) is 72.8 Å². The Hall–Kier alpha value is -3.93. The number of hydrogen-bond acceptors (Lipinski definition) is 3. The highest BCUT2D eigenvalue weighted by atomic mass is 16.4. The minimum absolute atomic E-state index is 0.125. The number of nitrogens with zero attached hydrogens (tertiary/aromatic N) is 3. The molecule has 32 heavy (non-hydrogen) atoms. The number of allylic oxidation sites excluding steroid dienone is 1. The highest BCUT2D eigenvalue weighted by molar-refractivity contribution is 6.03. The number of rotatable bonds is 8. The summed E-state index contributed by atoms with van der Waals surface area (Å²) in [4.78, 5) is 31.3. The van der Waals surface area contributed by atoms with Crippen LogP contribution in [0.4, 0.5) is 16.2 Å². The van der Waals surface area contributed by atoms with Crippen molar-refractivity contribution >= 4 is 28.9 Å². The Labute approximate surface area is 188 Å². The number of anilines is 2. The van der Waals surface area contributed by atoms with E-state index in [9.17, 15) is 9.59 Å². The van der Waals surface area contributed by atoms with Crippen molar-refractivity contribution in [1.29, 1.82) is 0 Å². The summed E-state index contributed by atoms with van der Waals surface area (Å²) in [5.41, 5.74) is 4.41. The first kappa shape index (κ1) is 22.7. The Bertz CT molecular complexity index is 1080. The molecule has 0 fully saturated rings. The number of benzene rings is 2. The van der Waals surface area contributed by atoms with Crippen LogP contribution in [0.25, 0.3) is 5.57 Å². The van der Waals surface area contributed by atoms with Gasteiger partial charge in [0.25, 0.3) is 0 Å². The van der Waals surface area contributed by atoms with Crippen LogP contribution in [0.5, 0.6) is 0 Å². The first-order chi connectivity index (χ1) is 15.5. The molecular weight excluding hydrogens is 402 g/mol. The van der Waals surface area contributed by atoms with E-state index in [4.69, 9.17) is 5.11 Å². The van der Waals surface area contributed by atoms with Crippen LogP contribution in [0.2, 0.25) is 0 Å². The number of aliphatic carboxylic acids is 1. The number of carboxylic acids is 1. The van der Waals surface area contributed by atoms with Gasteiger partial charge in [0.05, 0.1) is 0 Å². The molecule has 0 atom stereocenters. The molecular formula is C26H27N3O3. The Morgan fingerprint density at radius 1 is 0.906 bits per heavy atom. The lowest BCUT2D eigenvalue weighted by Gasteiger charge is -2.25. The van der Waals surface area contributed by atoms with Gasteiger partial charge in [0.1, 0.15) is 0 Å². The molecule has 0 aliphatic rings. The van der Waals surface area contributed by atoms with Crippen LogP contribution in [0.1, 0.15) is 30.4 Å². The van der Waals surface area contributed by atoms with Gasteiger partial charge >= 0.3 is 12.0 Å². The average molecular weight is 430 g/mol. The van der Waals surface area contributed by atoms with Gasteiger partial charge in [0.15, 0.2) is 0 Å². The van der Waals surface area contributed by atoms with Crippen LogP contribution in [0.3, 0.4) is 0 Å². The van der Waals surface area contributed by atoms with Crippen molar-refractivity contribution in [1.82, 2.24) is 4.98 Å². The Balaban J connectivity index is 1.87. The molecule has 1 heterocycles. The maximum absolute atomic E-state index is 13.0. The van der Waals surface area contributed by atoms with E-state index in [2.05, 4.69) is 4.98 Å². The zero-order chi connectivity index (χ0) is 22.9. The summed E-state index contributed by atoms with van der Waals surface area (Å²) in [5.74, 6) is -0.800. The molecule has 6 heteroatoms. The standard InChI is InChI=1S/C26H27N3O3/c1-28(22-12-4-3-5-13-22)26(32)29(2)23-14-8-10-20(18-23)24(15-6-7-16-25(30)31)21-11-9-17-27-19-21/h3-5,8-15,17-19H,6-7,16H2,1-2H3,(H,30,31)/b24-15-. The van der Waals surface area contributed by atoms with Gasteiger partial charge in [-0.05, 0) is 54.3 Å². The number of unbranched alkanes of at least 4 members (excludes halogenated alkanes) is 1. The fourth-order valence-corrected chi connectivity index (χ4v) is 3.40. The minimum atomic E-state index is -0.800. The number of urea groups is 1. The van der Waals surface area contributed by atoms with E-state index >= 15 is 0 Å². The summed E-state index contributed by atoms with van der Waals surface area (Å²) in [6, 6.07) is 20.9. The Morgan fingerprint density at radius 3 is 2.28 bits per heavy atom. The van der Waals surface area contributed by atoms with Gasteiger partial charge in [-0.15, -0.1) is 0 Å². The monoisotopic (exact) mass is 429 g/mol. The van der Waals surface area contributed by atoms with Crippen molar-refractivity contribution in [3.8, 4) is 0 Å².